The highest BCUT2D eigenvalue weighted by Crippen LogP contribution is 2.17. The van der Waals surface area contributed by atoms with E-state index in [-0.39, 0.29) is 24.0 Å². The van der Waals surface area contributed by atoms with Gasteiger partial charge in [-0.2, -0.15) is 0 Å². The van der Waals surface area contributed by atoms with E-state index in [1.807, 2.05) is 0 Å². The number of amidine groups is 1. The molecule has 22 heavy (non-hydrogen) atoms. The lowest BCUT2D eigenvalue weighted by Gasteiger charge is -2.29. The Bertz CT molecular complexity index is 294. The summed E-state index contributed by atoms with van der Waals surface area (Å²) in [6.07, 6.45) is 15.2. The van der Waals surface area contributed by atoms with Crippen LogP contribution in [0.2, 0.25) is 0 Å². The smallest absolute Gasteiger partial charge is 0.198 e. The number of likely N-dealkylation sites (N-methyl/N-ethyl adjacent to an activating group) is 1. The molecular formula is C18H38IN3. The van der Waals surface area contributed by atoms with Crippen molar-refractivity contribution in [1.29, 1.82) is 0 Å². The van der Waals surface area contributed by atoms with E-state index in [2.05, 4.69) is 14.0 Å². The van der Waals surface area contributed by atoms with E-state index in [4.69, 9.17) is 10.7 Å². The van der Waals surface area contributed by atoms with Crippen LogP contribution in [0.15, 0.2) is 4.99 Å². The number of nitrogens with two attached hydrogens (primary N) is 1. The van der Waals surface area contributed by atoms with Gasteiger partial charge in [-0.15, -0.1) is 0 Å². The summed E-state index contributed by atoms with van der Waals surface area (Å²) in [5, 5.41) is 0. The molecule has 2 N–H and O–H groups in total. The predicted molar refractivity (Wildman–Crippen MR) is 93.7 cm³/mol. The summed E-state index contributed by atoms with van der Waals surface area (Å²) in [6, 6.07) is 0. The zero-order chi connectivity index (χ0) is 15.4. The Balaban J connectivity index is 0.00000441. The SMILES string of the molecule is CCCCCCCCCCCCC1=NCC[N+]1(C)CCN.[I-]. The van der Waals surface area contributed by atoms with Crippen molar-refractivity contribution in [3.05, 3.63) is 0 Å². The van der Waals surface area contributed by atoms with Crippen LogP contribution in [-0.4, -0.2) is 43.5 Å². The first-order chi connectivity index (χ1) is 10.2. The first-order valence-electron chi connectivity index (χ1n) is 9.31. The largest absolute Gasteiger partial charge is 1.00 e. The lowest BCUT2D eigenvalue weighted by molar-refractivity contribution is -0.813. The van der Waals surface area contributed by atoms with Crippen LogP contribution in [0, 0.1) is 0 Å². The normalized spacial score (nSPS) is 20.8. The second-order valence-electron chi connectivity index (χ2n) is 6.86. The summed E-state index contributed by atoms with van der Waals surface area (Å²) >= 11 is 0. The van der Waals surface area contributed by atoms with E-state index in [1.54, 1.807) is 0 Å². The number of halogens is 1. The second-order valence-corrected chi connectivity index (χ2v) is 6.86. The van der Waals surface area contributed by atoms with Gasteiger partial charge in [0.05, 0.1) is 20.1 Å². The molecule has 4 heteroatoms. The van der Waals surface area contributed by atoms with Gasteiger partial charge in [-0.1, -0.05) is 64.7 Å². The summed E-state index contributed by atoms with van der Waals surface area (Å²) < 4.78 is 1.01. The summed E-state index contributed by atoms with van der Waals surface area (Å²) in [6.45, 7) is 6.27. The number of aliphatic imine (C=N–C) groups is 1. The first kappa shape index (κ1) is 22.3. The van der Waals surface area contributed by atoms with Gasteiger partial charge in [-0.25, -0.2) is 4.99 Å². The van der Waals surface area contributed by atoms with Gasteiger partial charge >= 0.3 is 0 Å². The molecule has 0 aromatic rings. The van der Waals surface area contributed by atoms with Crippen molar-refractivity contribution < 1.29 is 28.5 Å². The molecule has 0 fully saturated rings. The van der Waals surface area contributed by atoms with Gasteiger partial charge in [-0.3, -0.25) is 4.48 Å². The van der Waals surface area contributed by atoms with Crippen LogP contribution in [0.3, 0.4) is 0 Å². The van der Waals surface area contributed by atoms with Gasteiger partial charge in [-0.05, 0) is 6.42 Å². The standard InChI is InChI=1S/C18H38N3.HI/c1-3-4-5-6-7-8-9-10-11-12-13-18-20-15-17-21(18,2)16-14-19;/h3-17,19H2,1-2H3;1H/q+1;/p-1. The minimum absolute atomic E-state index is 0. The monoisotopic (exact) mass is 423 g/mol. The first-order valence-corrected chi connectivity index (χ1v) is 9.31. The van der Waals surface area contributed by atoms with Gasteiger partial charge < -0.3 is 29.7 Å². The Kier molecular flexibility index (Phi) is 13.9. The van der Waals surface area contributed by atoms with Crippen LogP contribution < -0.4 is 29.7 Å². The third-order valence-corrected chi connectivity index (χ3v) is 4.89. The van der Waals surface area contributed by atoms with Gasteiger partial charge in [0.2, 0.25) is 0 Å². The van der Waals surface area contributed by atoms with E-state index in [0.717, 1.165) is 30.7 Å². The fraction of sp³-hybridized carbons (Fsp3) is 0.944. The lowest BCUT2D eigenvalue weighted by Crippen LogP contribution is -3.00. The molecule has 0 aromatic heterocycles. The van der Waals surface area contributed by atoms with Crippen molar-refractivity contribution in [2.75, 3.05) is 33.2 Å². The number of hydrogen-bond donors (Lipinski definition) is 1. The van der Waals surface area contributed by atoms with Crippen LogP contribution in [-0.2, 0) is 0 Å². The molecule has 0 amide bonds. The molecule has 0 radical (unpaired) electrons. The van der Waals surface area contributed by atoms with Crippen LogP contribution in [0.25, 0.3) is 0 Å². The minimum Gasteiger partial charge on any atom is -1.00 e. The highest BCUT2D eigenvalue weighted by molar-refractivity contribution is 5.76. The number of unbranched alkanes of at least 4 members (excludes halogenated alkanes) is 9. The zero-order valence-electron chi connectivity index (χ0n) is 15.0. The molecule has 3 nitrogen and oxygen atoms in total. The van der Waals surface area contributed by atoms with Crippen LogP contribution in [0.4, 0.5) is 0 Å². The predicted octanol–water partition coefficient (Wildman–Crippen LogP) is 1.12. The minimum atomic E-state index is 0. The molecule has 0 aromatic carbocycles. The van der Waals surface area contributed by atoms with Crippen molar-refractivity contribution in [1.82, 2.24) is 0 Å². The molecule has 0 saturated carbocycles. The van der Waals surface area contributed by atoms with Gasteiger partial charge in [0.15, 0.2) is 5.84 Å². The fourth-order valence-electron chi connectivity index (χ4n) is 3.34. The Morgan fingerprint density at radius 3 is 2.05 bits per heavy atom. The average Bonchev–Trinajstić information content (AvgIpc) is 2.82. The third kappa shape index (κ3) is 8.82. The zero-order valence-corrected chi connectivity index (χ0v) is 17.1. The molecule has 1 aliphatic rings. The molecule has 0 aliphatic carbocycles. The lowest BCUT2D eigenvalue weighted by atomic mass is 10.1. The Morgan fingerprint density at radius 2 is 1.50 bits per heavy atom. The molecule has 1 aliphatic heterocycles. The van der Waals surface area contributed by atoms with E-state index in [9.17, 15) is 0 Å². The van der Waals surface area contributed by atoms with Crippen LogP contribution in [0.1, 0.15) is 77.6 Å². The fourth-order valence-corrected chi connectivity index (χ4v) is 3.34. The van der Waals surface area contributed by atoms with Crippen molar-refractivity contribution in [3.63, 3.8) is 0 Å². The van der Waals surface area contributed by atoms with Gasteiger partial charge in [0.25, 0.3) is 0 Å². The average molecular weight is 423 g/mol. The highest BCUT2D eigenvalue weighted by atomic mass is 127. The van der Waals surface area contributed by atoms with Crippen molar-refractivity contribution in [2.24, 2.45) is 10.7 Å². The maximum Gasteiger partial charge on any atom is 0.198 e. The Labute approximate surface area is 155 Å². The van der Waals surface area contributed by atoms with Crippen LogP contribution in [0.5, 0.6) is 0 Å². The van der Waals surface area contributed by atoms with Gasteiger partial charge in [0, 0.05) is 13.0 Å². The van der Waals surface area contributed by atoms with Crippen molar-refractivity contribution in [2.45, 2.75) is 77.6 Å². The number of hydrogen-bond acceptors (Lipinski definition) is 2. The third-order valence-electron chi connectivity index (χ3n) is 4.89. The summed E-state index contributed by atoms with van der Waals surface area (Å²) in [4.78, 5) is 4.72. The molecule has 0 bridgehead atoms. The maximum absolute atomic E-state index is 5.74. The quantitative estimate of drug-likeness (QED) is 0.269. The molecule has 1 rings (SSSR count). The summed E-state index contributed by atoms with van der Waals surface area (Å²) in [5.41, 5.74) is 5.74. The topological polar surface area (TPSA) is 38.4 Å². The number of rotatable bonds is 13. The number of quaternary nitrogens is 1. The van der Waals surface area contributed by atoms with Crippen molar-refractivity contribution in [3.8, 4) is 0 Å². The molecule has 1 unspecified atom stereocenters. The van der Waals surface area contributed by atoms with E-state index in [1.165, 1.54) is 76.5 Å². The molecule has 132 valence electrons. The Morgan fingerprint density at radius 1 is 0.955 bits per heavy atom. The van der Waals surface area contributed by atoms with Crippen molar-refractivity contribution >= 4 is 5.84 Å². The van der Waals surface area contributed by atoms with Gasteiger partial charge in [0.1, 0.15) is 6.54 Å². The summed E-state index contributed by atoms with van der Waals surface area (Å²) in [5.74, 6) is 1.40. The maximum atomic E-state index is 5.74. The summed E-state index contributed by atoms with van der Waals surface area (Å²) in [7, 11) is 2.30. The van der Waals surface area contributed by atoms with E-state index in [0.29, 0.717) is 0 Å². The molecular weight excluding hydrogens is 385 g/mol. The molecule has 0 spiro atoms. The molecule has 1 atom stereocenters. The molecule has 1 heterocycles. The highest BCUT2D eigenvalue weighted by Gasteiger charge is 2.31. The molecule has 0 saturated heterocycles. The van der Waals surface area contributed by atoms with Crippen LogP contribution >= 0.6 is 0 Å². The van der Waals surface area contributed by atoms with E-state index >= 15 is 0 Å². The van der Waals surface area contributed by atoms with E-state index < -0.39 is 0 Å². The second kappa shape index (κ2) is 13.7. The Hall–Kier alpha value is 0.320. The number of nitrogens with zero attached hydrogens (tertiary/aromatic N) is 2.